The van der Waals surface area contributed by atoms with E-state index in [1.165, 1.54) is 12.1 Å². The van der Waals surface area contributed by atoms with Gasteiger partial charge in [-0.3, -0.25) is 4.79 Å². The van der Waals surface area contributed by atoms with Gasteiger partial charge in [-0.15, -0.1) is 0 Å². The molecule has 1 rings (SSSR count). The smallest absolute Gasteiger partial charge is 0.260 e. The molecule has 0 saturated heterocycles. The molecule has 1 aromatic carbocycles. The molecule has 118 valence electrons. The van der Waals surface area contributed by atoms with E-state index < -0.39 is 6.10 Å². The van der Waals surface area contributed by atoms with Crippen molar-refractivity contribution in [2.45, 2.75) is 52.8 Å². The fourth-order valence-electron chi connectivity index (χ4n) is 1.78. The van der Waals surface area contributed by atoms with E-state index in [4.69, 9.17) is 4.74 Å². The monoisotopic (exact) mass is 296 g/mol. The minimum Gasteiger partial charge on any atom is -0.481 e. The zero-order valence-electron chi connectivity index (χ0n) is 13.2. The number of halogens is 1. The maximum atomic E-state index is 13.6. The Bertz CT molecular complexity index is 466. The number of hydrogen-bond donors (Lipinski definition) is 2. The first-order valence-corrected chi connectivity index (χ1v) is 7.43. The molecule has 0 aliphatic carbocycles. The molecule has 0 fully saturated rings. The molecule has 0 radical (unpaired) electrons. The molecule has 0 spiro atoms. The lowest BCUT2D eigenvalue weighted by Crippen LogP contribution is -2.41. The maximum absolute atomic E-state index is 13.6. The summed E-state index contributed by atoms with van der Waals surface area (Å²) in [6.07, 6.45) is 0.193. The molecule has 1 amide bonds. The Labute approximate surface area is 126 Å². The lowest BCUT2D eigenvalue weighted by Gasteiger charge is -2.18. The molecule has 0 aliphatic heterocycles. The Hall–Kier alpha value is -1.62. The van der Waals surface area contributed by atoms with Gasteiger partial charge in [0.05, 0.1) is 0 Å². The number of amides is 1. The summed E-state index contributed by atoms with van der Waals surface area (Å²) in [4.78, 5) is 11.9. The summed E-state index contributed by atoms with van der Waals surface area (Å²) in [7, 11) is 0. The van der Waals surface area contributed by atoms with Crippen molar-refractivity contribution in [3.05, 3.63) is 29.6 Å². The Morgan fingerprint density at radius 3 is 2.62 bits per heavy atom. The first-order chi connectivity index (χ1) is 9.96. The first-order valence-electron chi connectivity index (χ1n) is 7.43. The summed E-state index contributed by atoms with van der Waals surface area (Å²) in [5.74, 6) is -0.188. The van der Waals surface area contributed by atoms with Crippen molar-refractivity contribution in [1.29, 1.82) is 0 Å². The van der Waals surface area contributed by atoms with Crippen LogP contribution in [-0.2, 0) is 11.3 Å². The molecule has 2 N–H and O–H groups in total. The van der Waals surface area contributed by atoms with E-state index in [1.54, 1.807) is 13.0 Å². The molecule has 1 aromatic rings. The molecule has 0 aromatic heterocycles. The fraction of sp³-hybridized carbons (Fsp3) is 0.562. The Kier molecular flexibility index (Phi) is 7.15. The second-order valence-corrected chi connectivity index (χ2v) is 5.15. The van der Waals surface area contributed by atoms with E-state index in [2.05, 4.69) is 10.6 Å². The summed E-state index contributed by atoms with van der Waals surface area (Å²) in [5.41, 5.74) is 0.793. The number of carbonyl (C=O) groups is 1. The number of carbonyl (C=O) groups excluding carboxylic acids is 1. The molecular weight excluding hydrogens is 271 g/mol. The topological polar surface area (TPSA) is 50.4 Å². The normalized spacial score (nSPS) is 13.6. The minimum absolute atomic E-state index is 0.0976. The minimum atomic E-state index is -0.659. The SMILES string of the molecule is CCNCc1cc(F)cc(OC(C)C(=O)NC(C)CC)c1. The first kappa shape index (κ1) is 17.4. The Morgan fingerprint density at radius 1 is 1.29 bits per heavy atom. The molecule has 4 nitrogen and oxygen atoms in total. The second kappa shape index (κ2) is 8.62. The van der Waals surface area contributed by atoms with Gasteiger partial charge in [0.25, 0.3) is 5.91 Å². The quantitative estimate of drug-likeness (QED) is 0.775. The van der Waals surface area contributed by atoms with Gasteiger partial charge < -0.3 is 15.4 Å². The highest BCUT2D eigenvalue weighted by Gasteiger charge is 2.16. The molecule has 0 saturated carbocycles. The van der Waals surface area contributed by atoms with Crippen molar-refractivity contribution in [1.82, 2.24) is 10.6 Å². The van der Waals surface area contributed by atoms with Gasteiger partial charge in [-0.05, 0) is 44.5 Å². The van der Waals surface area contributed by atoms with Crippen LogP contribution in [0.15, 0.2) is 18.2 Å². The third-order valence-corrected chi connectivity index (χ3v) is 3.19. The van der Waals surface area contributed by atoms with Gasteiger partial charge in [0.15, 0.2) is 6.10 Å². The van der Waals surface area contributed by atoms with Gasteiger partial charge in [-0.1, -0.05) is 13.8 Å². The Morgan fingerprint density at radius 2 is 2.00 bits per heavy atom. The number of benzene rings is 1. The average Bonchev–Trinajstić information content (AvgIpc) is 2.44. The predicted molar refractivity (Wildman–Crippen MR) is 81.8 cm³/mol. The van der Waals surface area contributed by atoms with Crippen LogP contribution in [0.3, 0.4) is 0 Å². The van der Waals surface area contributed by atoms with Crippen molar-refractivity contribution in [3.63, 3.8) is 0 Å². The number of ether oxygens (including phenoxy) is 1. The van der Waals surface area contributed by atoms with Crippen LogP contribution in [0.2, 0.25) is 0 Å². The van der Waals surface area contributed by atoms with E-state index in [0.717, 1.165) is 18.5 Å². The number of hydrogen-bond acceptors (Lipinski definition) is 3. The number of rotatable bonds is 8. The zero-order valence-corrected chi connectivity index (χ0v) is 13.2. The molecule has 2 unspecified atom stereocenters. The summed E-state index contributed by atoms with van der Waals surface area (Å²) in [6, 6.07) is 4.60. The van der Waals surface area contributed by atoms with Crippen LogP contribution < -0.4 is 15.4 Å². The van der Waals surface area contributed by atoms with Crippen LogP contribution >= 0.6 is 0 Å². The van der Waals surface area contributed by atoms with Crippen LogP contribution in [0.1, 0.15) is 39.7 Å². The third kappa shape index (κ3) is 6.12. The predicted octanol–water partition coefficient (Wildman–Crippen LogP) is 2.62. The second-order valence-electron chi connectivity index (χ2n) is 5.15. The lowest BCUT2D eigenvalue weighted by molar-refractivity contribution is -0.127. The molecule has 5 heteroatoms. The van der Waals surface area contributed by atoms with Crippen molar-refractivity contribution >= 4 is 5.91 Å². The van der Waals surface area contributed by atoms with Gasteiger partial charge in [0.2, 0.25) is 0 Å². The van der Waals surface area contributed by atoms with Gasteiger partial charge in [-0.2, -0.15) is 0 Å². The largest absolute Gasteiger partial charge is 0.481 e. The lowest BCUT2D eigenvalue weighted by atomic mass is 10.2. The van der Waals surface area contributed by atoms with Crippen molar-refractivity contribution < 1.29 is 13.9 Å². The molecule has 0 aliphatic rings. The van der Waals surface area contributed by atoms with Gasteiger partial charge in [-0.25, -0.2) is 4.39 Å². The highest BCUT2D eigenvalue weighted by atomic mass is 19.1. The average molecular weight is 296 g/mol. The van der Waals surface area contributed by atoms with E-state index in [9.17, 15) is 9.18 Å². The van der Waals surface area contributed by atoms with E-state index in [-0.39, 0.29) is 17.8 Å². The van der Waals surface area contributed by atoms with Crippen LogP contribution in [0, 0.1) is 5.82 Å². The standard InChI is InChI=1S/C16H25FN2O2/c1-5-11(3)19-16(20)12(4)21-15-8-13(10-18-6-2)7-14(17)9-15/h7-9,11-12,18H,5-6,10H2,1-4H3,(H,19,20). The maximum Gasteiger partial charge on any atom is 0.260 e. The Balaban J connectivity index is 2.68. The summed E-state index contributed by atoms with van der Waals surface area (Å²) in [5, 5.41) is 5.97. The molecule has 21 heavy (non-hydrogen) atoms. The third-order valence-electron chi connectivity index (χ3n) is 3.19. The van der Waals surface area contributed by atoms with Gasteiger partial charge in [0, 0.05) is 18.7 Å². The van der Waals surface area contributed by atoms with E-state index in [0.29, 0.717) is 12.3 Å². The molecular formula is C16H25FN2O2. The van der Waals surface area contributed by atoms with Crippen LogP contribution in [0.4, 0.5) is 4.39 Å². The van der Waals surface area contributed by atoms with Gasteiger partial charge in [0.1, 0.15) is 11.6 Å². The van der Waals surface area contributed by atoms with E-state index >= 15 is 0 Å². The summed E-state index contributed by atoms with van der Waals surface area (Å²) < 4.78 is 19.1. The van der Waals surface area contributed by atoms with Crippen molar-refractivity contribution in [3.8, 4) is 5.75 Å². The van der Waals surface area contributed by atoms with Crippen molar-refractivity contribution in [2.75, 3.05) is 6.54 Å². The van der Waals surface area contributed by atoms with Gasteiger partial charge >= 0.3 is 0 Å². The van der Waals surface area contributed by atoms with Crippen LogP contribution in [0.5, 0.6) is 5.75 Å². The zero-order chi connectivity index (χ0) is 15.8. The fourth-order valence-corrected chi connectivity index (χ4v) is 1.78. The number of nitrogens with one attached hydrogen (secondary N) is 2. The highest BCUT2D eigenvalue weighted by Crippen LogP contribution is 2.18. The van der Waals surface area contributed by atoms with Crippen molar-refractivity contribution in [2.24, 2.45) is 0 Å². The molecule has 0 bridgehead atoms. The molecule has 2 atom stereocenters. The summed E-state index contributed by atoms with van der Waals surface area (Å²) in [6.45, 7) is 8.94. The highest BCUT2D eigenvalue weighted by molar-refractivity contribution is 5.80. The van der Waals surface area contributed by atoms with E-state index in [1.807, 2.05) is 20.8 Å². The summed E-state index contributed by atoms with van der Waals surface area (Å²) >= 11 is 0. The molecule has 0 heterocycles. The van der Waals surface area contributed by atoms with Crippen LogP contribution in [-0.4, -0.2) is 24.6 Å². The van der Waals surface area contributed by atoms with Crippen LogP contribution in [0.25, 0.3) is 0 Å².